The van der Waals surface area contributed by atoms with E-state index in [4.69, 9.17) is 14.2 Å². The molecule has 0 bridgehead atoms. The lowest BCUT2D eigenvalue weighted by molar-refractivity contribution is 0.464. The van der Waals surface area contributed by atoms with E-state index in [0.29, 0.717) is 0 Å². The zero-order valence-corrected chi connectivity index (χ0v) is 22.0. The highest BCUT2D eigenvalue weighted by molar-refractivity contribution is 6.98. The van der Waals surface area contributed by atoms with Crippen LogP contribution < -0.4 is 35.5 Å². The van der Waals surface area contributed by atoms with Crippen molar-refractivity contribution >= 4 is 40.2 Å². The predicted octanol–water partition coefficient (Wildman–Crippen LogP) is 7.66. The summed E-state index contributed by atoms with van der Waals surface area (Å²) in [6.45, 7) is 0.0107. The number of rotatable bonds is 2. The van der Waals surface area contributed by atoms with Gasteiger partial charge in [0, 0.05) is 16.7 Å². The first-order chi connectivity index (χ1) is 20.3. The van der Waals surface area contributed by atoms with Crippen molar-refractivity contribution in [3.05, 3.63) is 133 Å². The van der Waals surface area contributed by atoms with E-state index in [2.05, 4.69) is 83.8 Å². The van der Waals surface area contributed by atoms with Gasteiger partial charge in [-0.15, -0.1) is 0 Å². The van der Waals surface area contributed by atoms with E-state index >= 15 is 0 Å². The van der Waals surface area contributed by atoms with Crippen molar-refractivity contribution < 1.29 is 14.2 Å². The molecule has 4 nitrogen and oxygen atoms in total. The van der Waals surface area contributed by atoms with Gasteiger partial charge in [-0.2, -0.15) is 0 Å². The Labute approximate surface area is 238 Å². The Balaban J connectivity index is 1.26. The van der Waals surface area contributed by atoms with Crippen LogP contribution in [0.5, 0.6) is 34.5 Å². The van der Waals surface area contributed by atoms with Crippen molar-refractivity contribution in [3.63, 3.8) is 0 Å². The monoisotopic (exact) mass is 527 g/mol. The molecule has 3 aliphatic rings. The predicted molar refractivity (Wildman–Crippen MR) is 164 cm³/mol. The summed E-state index contributed by atoms with van der Waals surface area (Å²) in [5.74, 6) is 5.11. The third-order valence-corrected chi connectivity index (χ3v) is 8.18. The Morgan fingerprint density at radius 3 is 1.95 bits per heavy atom. The van der Waals surface area contributed by atoms with Gasteiger partial charge >= 0.3 is 0 Å². The SMILES string of the molecule is c1ccc(N2c3ccccc3Oc3cccc(-c4ccc5c(c4)B4c6ccccc6Oc6cccc(c64)O5)c32)cc1. The van der Waals surface area contributed by atoms with Crippen LogP contribution in [0.25, 0.3) is 11.1 Å². The first-order valence-corrected chi connectivity index (χ1v) is 13.8. The van der Waals surface area contributed by atoms with E-state index < -0.39 is 0 Å². The lowest BCUT2D eigenvalue weighted by atomic mass is 9.35. The summed E-state index contributed by atoms with van der Waals surface area (Å²) >= 11 is 0. The second-order valence-corrected chi connectivity index (χ2v) is 10.5. The average Bonchev–Trinajstić information content (AvgIpc) is 3.03. The summed E-state index contributed by atoms with van der Waals surface area (Å²) in [6, 6.07) is 45.8. The first-order valence-electron chi connectivity index (χ1n) is 13.8. The minimum absolute atomic E-state index is 0.0107. The molecule has 6 aromatic carbocycles. The Bertz CT molecular complexity index is 1990. The van der Waals surface area contributed by atoms with Crippen LogP contribution in [-0.2, 0) is 0 Å². The Kier molecular flexibility index (Phi) is 4.67. The number of ether oxygens (including phenoxy) is 3. The van der Waals surface area contributed by atoms with Crippen molar-refractivity contribution in [2.24, 2.45) is 0 Å². The third-order valence-electron chi connectivity index (χ3n) is 8.18. The summed E-state index contributed by atoms with van der Waals surface area (Å²) in [7, 11) is 0. The Morgan fingerprint density at radius 1 is 0.463 bits per heavy atom. The fraction of sp³-hybridized carbons (Fsp3) is 0. The molecule has 0 atom stereocenters. The summed E-state index contributed by atoms with van der Waals surface area (Å²) < 4.78 is 19.3. The fourth-order valence-electron chi connectivity index (χ4n) is 6.43. The maximum atomic E-state index is 6.48. The van der Waals surface area contributed by atoms with Crippen LogP contribution in [-0.4, -0.2) is 6.71 Å². The van der Waals surface area contributed by atoms with Gasteiger partial charge in [0.2, 0.25) is 0 Å². The average molecular weight is 527 g/mol. The standard InChI is InChI=1S/C36H22BNO3/c1-2-10-24(11-3-1)38-28-14-5-7-16-31(28)41-34-19-8-12-25(36(34)38)23-20-21-30-27(22-23)37-26-13-4-6-15-29(26)39-32-17-9-18-33(40-30)35(32)37/h1-22H. The van der Waals surface area contributed by atoms with Gasteiger partial charge in [0.25, 0.3) is 6.71 Å². The molecule has 0 radical (unpaired) electrons. The number of nitrogens with zero attached hydrogens (tertiary/aromatic N) is 1. The number of fused-ring (bicyclic) bond motifs is 6. The van der Waals surface area contributed by atoms with E-state index in [0.717, 1.165) is 79.1 Å². The fourth-order valence-corrected chi connectivity index (χ4v) is 6.43. The van der Waals surface area contributed by atoms with Gasteiger partial charge in [0.15, 0.2) is 11.5 Å². The van der Waals surface area contributed by atoms with Gasteiger partial charge in [-0.3, -0.25) is 0 Å². The van der Waals surface area contributed by atoms with Gasteiger partial charge in [-0.1, -0.05) is 78.9 Å². The maximum Gasteiger partial charge on any atom is 0.260 e. The largest absolute Gasteiger partial charge is 0.458 e. The maximum absolute atomic E-state index is 6.48. The van der Waals surface area contributed by atoms with Crippen molar-refractivity contribution in [2.75, 3.05) is 4.90 Å². The first kappa shape index (κ1) is 22.4. The molecule has 6 aromatic rings. The molecular weight excluding hydrogens is 505 g/mol. The normalized spacial score (nSPS) is 13.4. The number of benzene rings is 6. The van der Waals surface area contributed by atoms with Crippen molar-refractivity contribution in [1.29, 1.82) is 0 Å². The van der Waals surface area contributed by atoms with E-state index in [-0.39, 0.29) is 6.71 Å². The second-order valence-electron chi connectivity index (χ2n) is 10.5. The van der Waals surface area contributed by atoms with E-state index in [1.165, 1.54) is 0 Å². The van der Waals surface area contributed by atoms with Gasteiger partial charge in [-0.25, -0.2) is 0 Å². The van der Waals surface area contributed by atoms with E-state index in [1.807, 2.05) is 54.6 Å². The van der Waals surface area contributed by atoms with Crippen LogP contribution in [0.15, 0.2) is 133 Å². The minimum atomic E-state index is 0.0107. The Hall–Kier alpha value is -5.42. The third kappa shape index (κ3) is 3.29. The van der Waals surface area contributed by atoms with Gasteiger partial charge < -0.3 is 19.1 Å². The molecule has 0 amide bonds. The molecule has 0 aromatic heterocycles. The number of anilines is 3. The van der Waals surface area contributed by atoms with Gasteiger partial charge in [-0.05, 0) is 71.1 Å². The second kappa shape index (κ2) is 8.54. The Morgan fingerprint density at radius 2 is 1.10 bits per heavy atom. The summed E-state index contributed by atoms with van der Waals surface area (Å²) in [6.07, 6.45) is 0. The lowest BCUT2D eigenvalue weighted by Crippen LogP contribution is -2.57. The van der Waals surface area contributed by atoms with Crippen molar-refractivity contribution in [3.8, 4) is 45.6 Å². The molecule has 5 heteroatoms. The molecule has 9 rings (SSSR count). The highest BCUT2D eigenvalue weighted by Crippen LogP contribution is 2.53. The van der Waals surface area contributed by atoms with Gasteiger partial charge in [0.05, 0.1) is 11.4 Å². The highest BCUT2D eigenvalue weighted by Gasteiger charge is 2.40. The van der Waals surface area contributed by atoms with Crippen LogP contribution in [0.3, 0.4) is 0 Å². The summed E-state index contributed by atoms with van der Waals surface area (Å²) in [5.41, 5.74) is 8.64. The molecule has 0 spiro atoms. The molecule has 0 N–H and O–H groups in total. The number of hydrogen-bond donors (Lipinski definition) is 0. The molecule has 3 heterocycles. The quantitative estimate of drug-likeness (QED) is 0.216. The molecule has 0 saturated carbocycles. The lowest BCUT2D eigenvalue weighted by Gasteiger charge is -2.35. The van der Waals surface area contributed by atoms with Crippen molar-refractivity contribution in [1.82, 2.24) is 0 Å². The van der Waals surface area contributed by atoms with Crippen LogP contribution in [0, 0.1) is 0 Å². The molecular formula is C36H22BNO3. The van der Waals surface area contributed by atoms with E-state index in [1.54, 1.807) is 0 Å². The zero-order chi connectivity index (χ0) is 26.9. The zero-order valence-electron chi connectivity index (χ0n) is 22.0. The molecule has 192 valence electrons. The summed E-state index contributed by atoms with van der Waals surface area (Å²) in [5, 5.41) is 0. The number of para-hydroxylation sites is 5. The molecule has 3 aliphatic heterocycles. The number of hydrogen-bond acceptors (Lipinski definition) is 4. The molecule has 0 unspecified atom stereocenters. The van der Waals surface area contributed by atoms with E-state index in [9.17, 15) is 0 Å². The van der Waals surface area contributed by atoms with Crippen LogP contribution in [0.2, 0.25) is 0 Å². The van der Waals surface area contributed by atoms with Crippen molar-refractivity contribution in [2.45, 2.75) is 0 Å². The molecule has 0 fully saturated rings. The smallest absolute Gasteiger partial charge is 0.260 e. The molecule has 41 heavy (non-hydrogen) atoms. The van der Waals surface area contributed by atoms with Crippen LogP contribution in [0.1, 0.15) is 0 Å². The van der Waals surface area contributed by atoms with Gasteiger partial charge in [0.1, 0.15) is 23.0 Å². The minimum Gasteiger partial charge on any atom is -0.458 e. The highest BCUT2D eigenvalue weighted by atomic mass is 16.5. The topological polar surface area (TPSA) is 30.9 Å². The summed E-state index contributed by atoms with van der Waals surface area (Å²) in [4.78, 5) is 2.30. The molecule has 0 aliphatic carbocycles. The van der Waals surface area contributed by atoms with Crippen LogP contribution >= 0.6 is 0 Å². The molecule has 0 saturated heterocycles. The van der Waals surface area contributed by atoms with Crippen LogP contribution in [0.4, 0.5) is 17.1 Å².